The highest BCUT2D eigenvalue weighted by Crippen LogP contribution is 2.32. The molecule has 0 spiro atoms. The Balaban J connectivity index is 1.46. The number of rotatable bonds is 4. The molecule has 3 aromatic carbocycles. The second-order valence-electron chi connectivity index (χ2n) is 6.57. The quantitative estimate of drug-likeness (QED) is 0.566. The SMILES string of the molecule is C[C@@H]1C(=O)Nc2ccc(C(=O)COC(=O)c3ccc4ccccc4c3)cc21. The Kier molecular flexibility index (Phi) is 4.20. The lowest BCUT2D eigenvalue weighted by Crippen LogP contribution is -2.14. The maximum atomic E-state index is 12.4. The fourth-order valence-corrected chi connectivity index (χ4v) is 3.20. The first kappa shape index (κ1) is 17.0. The van der Waals surface area contributed by atoms with E-state index < -0.39 is 5.97 Å². The first-order chi connectivity index (χ1) is 13.0. The van der Waals surface area contributed by atoms with Gasteiger partial charge < -0.3 is 10.1 Å². The van der Waals surface area contributed by atoms with Crippen molar-refractivity contribution in [1.29, 1.82) is 0 Å². The molecule has 5 nitrogen and oxygen atoms in total. The van der Waals surface area contributed by atoms with E-state index in [1.807, 2.05) is 30.3 Å². The predicted molar refractivity (Wildman–Crippen MR) is 102 cm³/mol. The van der Waals surface area contributed by atoms with Gasteiger partial charge in [0.25, 0.3) is 0 Å². The number of esters is 1. The molecule has 3 aromatic rings. The number of benzene rings is 3. The van der Waals surface area contributed by atoms with Crippen LogP contribution in [0.1, 0.15) is 39.1 Å². The summed E-state index contributed by atoms with van der Waals surface area (Å²) in [4.78, 5) is 36.4. The van der Waals surface area contributed by atoms with Gasteiger partial charge in [-0.1, -0.05) is 30.3 Å². The van der Waals surface area contributed by atoms with Crippen LogP contribution < -0.4 is 5.32 Å². The summed E-state index contributed by atoms with van der Waals surface area (Å²) in [5.74, 6) is -1.23. The minimum Gasteiger partial charge on any atom is -0.454 e. The number of hydrogen-bond acceptors (Lipinski definition) is 4. The number of hydrogen-bond donors (Lipinski definition) is 1. The van der Waals surface area contributed by atoms with Crippen LogP contribution in [0, 0.1) is 0 Å². The summed E-state index contributed by atoms with van der Waals surface area (Å²) in [6, 6.07) is 18.0. The summed E-state index contributed by atoms with van der Waals surface area (Å²) < 4.78 is 5.19. The van der Waals surface area contributed by atoms with E-state index >= 15 is 0 Å². The standard InChI is InChI=1S/C22H17NO4/c1-13-18-11-16(8-9-19(18)23-21(13)25)20(24)12-27-22(26)17-7-6-14-4-2-3-5-15(14)10-17/h2-11,13H,12H2,1H3,(H,23,25)/t13-/m0/s1. The molecule has 0 aromatic heterocycles. The molecule has 27 heavy (non-hydrogen) atoms. The topological polar surface area (TPSA) is 72.5 Å². The van der Waals surface area contributed by atoms with Crippen molar-refractivity contribution in [2.75, 3.05) is 11.9 Å². The Morgan fingerprint density at radius 3 is 2.52 bits per heavy atom. The first-order valence-corrected chi connectivity index (χ1v) is 8.67. The van der Waals surface area contributed by atoms with Crippen molar-refractivity contribution in [3.8, 4) is 0 Å². The average molecular weight is 359 g/mol. The number of anilines is 1. The first-order valence-electron chi connectivity index (χ1n) is 8.67. The molecule has 4 rings (SSSR count). The van der Waals surface area contributed by atoms with Crippen molar-refractivity contribution >= 4 is 34.1 Å². The van der Waals surface area contributed by atoms with Crippen LogP contribution in [0.3, 0.4) is 0 Å². The number of carbonyl (C=O) groups is 3. The minimum atomic E-state index is -0.541. The molecule has 0 fully saturated rings. The van der Waals surface area contributed by atoms with Crippen molar-refractivity contribution in [3.63, 3.8) is 0 Å². The molecule has 0 aliphatic carbocycles. The number of nitrogens with one attached hydrogen (secondary N) is 1. The zero-order valence-electron chi connectivity index (χ0n) is 14.7. The summed E-state index contributed by atoms with van der Waals surface area (Å²) in [7, 11) is 0. The maximum absolute atomic E-state index is 12.4. The Morgan fingerprint density at radius 1 is 0.963 bits per heavy atom. The minimum absolute atomic E-state index is 0.0858. The molecule has 0 saturated carbocycles. The molecule has 134 valence electrons. The molecule has 0 unspecified atom stereocenters. The predicted octanol–water partition coefficient (Wildman–Crippen LogP) is 3.94. The van der Waals surface area contributed by atoms with E-state index in [1.54, 1.807) is 37.3 Å². The van der Waals surface area contributed by atoms with E-state index in [9.17, 15) is 14.4 Å². The van der Waals surface area contributed by atoms with Crippen molar-refractivity contribution in [3.05, 3.63) is 77.4 Å². The van der Waals surface area contributed by atoms with E-state index in [0.29, 0.717) is 11.1 Å². The van der Waals surface area contributed by atoms with E-state index in [2.05, 4.69) is 5.32 Å². The Hall–Kier alpha value is -3.47. The van der Waals surface area contributed by atoms with Gasteiger partial charge in [0.05, 0.1) is 11.5 Å². The molecule has 0 radical (unpaired) electrons. The van der Waals surface area contributed by atoms with E-state index in [0.717, 1.165) is 22.0 Å². The summed E-state index contributed by atoms with van der Waals surface area (Å²) in [5.41, 5.74) is 2.33. The third-order valence-electron chi connectivity index (χ3n) is 4.81. The summed E-state index contributed by atoms with van der Waals surface area (Å²) in [6.07, 6.45) is 0. The summed E-state index contributed by atoms with van der Waals surface area (Å²) in [5, 5.41) is 4.73. The molecule has 1 atom stereocenters. The van der Waals surface area contributed by atoms with Crippen molar-refractivity contribution in [1.82, 2.24) is 0 Å². The normalized spacial score (nSPS) is 15.3. The number of ether oxygens (including phenoxy) is 1. The molecule has 0 saturated heterocycles. The zero-order valence-corrected chi connectivity index (χ0v) is 14.7. The van der Waals surface area contributed by atoms with Crippen molar-refractivity contribution in [2.45, 2.75) is 12.8 Å². The number of ketones is 1. The zero-order chi connectivity index (χ0) is 19.0. The van der Waals surface area contributed by atoms with Crippen LogP contribution in [0.15, 0.2) is 60.7 Å². The van der Waals surface area contributed by atoms with E-state index in [4.69, 9.17) is 4.74 Å². The van der Waals surface area contributed by atoms with Crippen LogP contribution in [0.5, 0.6) is 0 Å². The van der Waals surface area contributed by atoms with Crippen LogP contribution in [0.4, 0.5) is 5.69 Å². The maximum Gasteiger partial charge on any atom is 0.338 e. The van der Waals surface area contributed by atoms with Gasteiger partial charge in [-0.3, -0.25) is 9.59 Å². The smallest absolute Gasteiger partial charge is 0.338 e. The number of fused-ring (bicyclic) bond motifs is 2. The fourth-order valence-electron chi connectivity index (χ4n) is 3.20. The third kappa shape index (κ3) is 3.19. The van der Waals surface area contributed by atoms with Crippen molar-refractivity contribution in [2.24, 2.45) is 0 Å². The second-order valence-corrected chi connectivity index (χ2v) is 6.57. The van der Waals surface area contributed by atoms with Crippen LogP contribution in [0.2, 0.25) is 0 Å². The van der Waals surface area contributed by atoms with E-state index in [-0.39, 0.29) is 24.2 Å². The molecule has 1 N–H and O–H groups in total. The van der Waals surface area contributed by atoms with Gasteiger partial charge in [-0.05, 0) is 53.6 Å². The molecule has 1 amide bonds. The van der Waals surface area contributed by atoms with Crippen LogP contribution in [-0.4, -0.2) is 24.3 Å². The summed E-state index contributed by atoms with van der Waals surface area (Å²) in [6.45, 7) is 1.44. The Bertz CT molecular complexity index is 1090. The van der Waals surface area contributed by atoms with Crippen LogP contribution in [0.25, 0.3) is 10.8 Å². The Labute approximate surface area is 156 Å². The molecule has 0 bridgehead atoms. The lowest BCUT2D eigenvalue weighted by Gasteiger charge is -2.07. The van der Waals surface area contributed by atoms with Crippen LogP contribution >= 0.6 is 0 Å². The van der Waals surface area contributed by atoms with Gasteiger partial charge in [0.1, 0.15) is 0 Å². The number of Topliss-reactive ketones (excluding diaryl/α,β-unsaturated/α-hetero) is 1. The molecule has 1 aliphatic rings. The highest BCUT2D eigenvalue weighted by molar-refractivity contribution is 6.05. The molecule has 5 heteroatoms. The number of amides is 1. The van der Waals surface area contributed by atoms with Crippen LogP contribution in [-0.2, 0) is 9.53 Å². The molecule has 1 heterocycles. The molecule has 1 aliphatic heterocycles. The number of carbonyl (C=O) groups excluding carboxylic acids is 3. The second kappa shape index (κ2) is 6.68. The van der Waals surface area contributed by atoms with Crippen molar-refractivity contribution < 1.29 is 19.1 Å². The monoisotopic (exact) mass is 359 g/mol. The van der Waals surface area contributed by atoms with Gasteiger partial charge in [-0.25, -0.2) is 4.79 Å². The largest absolute Gasteiger partial charge is 0.454 e. The summed E-state index contributed by atoms with van der Waals surface area (Å²) >= 11 is 0. The molecular weight excluding hydrogens is 342 g/mol. The lowest BCUT2D eigenvalue weighted by molar-refractivity contribution is -0.116. The van der Waals surface area contributed by atoms with E-state index in [1.165, 1.54) is 0 Å². The highest BCUT2D eigenvalue weighted by Gasteiger charge is 2.27. The van der Waals surface area contributed by atoms with Gasteiger partial charge >= 0.3 is 5.97 Å². The van der Waals surface area contributed by atoms with Gasteiger partial charge in [0.15, 0.2) is 12.4 Å². The van der Waals surface area contributed by atoms with Gasteiger partial charge in [0, 0.05) is 11.3 Å². The Morgan fingerprint density at radius 2 is 1.70 bits per heavy atom. The molecular formula is C22H17NO4. The average Bonchev–Trinajstić information content (AvgIpc) is 2.98. The van der Waals surface area contributed by atoms with Gasteiger partial charge in [-0.15, -0.1) is 0 Å². The third-order valence-corrected chi connectivity index (χ3v) is 4.81. The van der Waals surface area contributed by atoms with Gasteiger partial charge in [-0.2, -0.15) is 0 Å². The van der Waals surface area contributed by atoms with Gasteiger partial charge in [0.2, 0.25) is 5.91 Å². The highest BCUT2D eigenvalue weighted by atomic mass is 16.5. The lowest BCUT2D eigenvalue weighted by atomic mass is 9.99. The fraction of sp³-hybridized carbons (Fsp3) is 0.136.